The third-order valence-corrected chi connectivity index (χ3v) is 0. The number of nitrogens with zero attached hydrogens (tertiary/aromatic N) is 1. The molecule has 1 N–H and O–H groups in total. The zero-order valence-electron chi connectivity index (χ0n) is 5.02. The molecule has 0 bridgehead atoms. The van der Waals surface area contributed by atoms with Gasteiger partial charge in [-0.2, -0.15) is 21.1 Å². The third-order valence-electron chi connectivity index (χ3n) is 0. The molecule has 2 nitrogen and oxygen atoms in total. The molecular formula is C3H10Cl2N2Pt. The molecule has 0 aliphatic rings. The van der Waals surface area contributed by atoms with Gasteiger partial charge in [-0.25, -0.2) is 0 Å². The minimum atomic E-state index is -0.472. The zero-order valence-corrected chi connectivity index (χ0v) is 8.80. The summed E-state index contributed by atoms with van der Waals surface area (Å²) in [5.74, 6) is 0. The zero-order chi connectivity index (χ0) is 7.41. The molecule has 8 heavy (non-hydrogen) atoms. The van der Waals surface area contributed by atoms with Crippen molar-refractivity contribution in [3.8, 4) is 0 Å². The van der Waals surface area contributed by atoms with E-state index in [1.807, 2.05) is 0 Å². The van der Waals surface area contributed by atoms with Crippen LogP contribution in [0.5, 0.6) is 0 Å². The average Bonchev–Trinajstić information content (AvgIpc) is 1.75. The fraction of sp³-hybridized carbons (Fsp3) is 1.00. The Labute approximate surface area is 67.5 Å². The SMILES string of the molecule is C[N-]C.C[NH-].[Cl][Pt+2][Cl]. The fourth-order valence-corrected chi connectivity index (χ4v) is 0. The van der Waals surface area contributed by atoms with Crippen LogP contribution in [0.2, 0.25) is 0 Å². The Kier molecular flexibility index (Phi) is 83.7. The minimum absolute atomic E-state index is 0.472. The summed E-state index contributed by atoms with van der Waals surface area (Å²) in [5.41, 5.74) is 5.75. The van der Waals surface area contributed by atoms with Crippen molar-refractivity contribution >= 4 is 18.8 Å². The van der Waals surface area contributed by atoms with Crippen LogP contribution in [0, 0.1) is 0 Å². The molecule has 0 aromatic heterocycles. The molecule has 0 aliphatic heterocycles. The van der Waals surface area contributed by atoms with Crippen LogP contribution < -0.4 is 0 Å². The van der Waals surface area contributed by atoms with Gasteiger partial charge in [0.25, 0.3) is 0 Å². The van der Waals surface area contributed by atoms with E-state index >= 15 is 0 Å². The second-order valence-electron chi connectivity index (χ2n) is 0.492. The number of hydrogen-bond acceptors (Lipinski definition) is 0. The molecule has 0 saturated carbocycles. The number of hydrogen-bond donors (Lipinski definition) is 0. The van der Waals surface area contributed by atoms with E-state index < -0.39 is 16.5 Å². The van der Waals surface area contributed by atoms with Gasteiger partial charge >= 0.3 is 35.3 Å². The number of nitrogens with one attached hydrogen (secondary N) is 1. The second-order valence-corrected chi connectivity index (χ2v) is 3.78. The first-order valence-electron chi connectivity index (χ1n) is 1.63. The van der Waals surface area contributed by atoms with Crippen molar-refractivity contribution in [2.45, 2.75) is 0 Å². The van der Waals surface area contributed by atoms with Crippen LogP contribution in [-0.2, 0) is 16.5 Å². The normalized spacial score (nSPS) is 5.75. The Morgan fingerprint density at radius 3 is 1.25 bits per heavy atom. The van der Waals surface area contributed by atoms with E-state index in [1.54, 1.807) is 14.1 Å². The van der Waals surface area contributed by atoms with Gasteiger partial charge in [0.05, 0.1) is 0 Å². The van der Waals surface area contributed by atoms with E-state index in [-0.39, 0.29) is 0 Å². The molecular weight excluding hydrogens is 330 g/mol. The molecule has 0 atom stereocenters. The van der Waals surface area contributed by atoms with Crippen molar-refractivity contribution in [2.24, 2.45) is 0 Å². The summed E-state index contributed by atoms with van der Waals surface area (Å²) in [4.78, 5) is 0. The molecule has 0 heterocycles. The van der Waals surface area contributed by atoms with Crippen molar-refractivity contribution in [1.29, 1.82) is 0 Å². The van der Waals surface area contributed by atoms with Gasteiger partial charge in [0, 0.05) is 0 Å². The first-order valence-corrected chi connectivity index (χ1v) is 7.26. The first kappa shape index (κ1) is 16.1. The fourth-order valence-electron chi connectivity index (χ4n) is 0. The van der Waals surface area contributed by atoms with Crippen molar-refractivity contribution in [1.82, 2.24) is 0 Å². The van der Waals surface area contributed by atoms with E-state index in [0.717, 1.165) is 0 Å². The van der Waals surface area contributed by atoms with Gasteiger partial charge in [-0.05, 0) is 0 Å². The molecule has 0 fully saturated rings. The van der Waals surface area contributed by atoms with Crippen molar-refractivity contribution < 1.29 is 16.5 Å². The average molecular weight is 340 g/mol. The molecule has 0 radical (unpaired) electrons. The standard InChI is InChI=1S/C2H6N.CH4N.2ClH.Pt/c1-3-2;1-2;;;/h1-2H3;2H,1H3;2*1H;/q2*-1;;;+4/p-2. The van der Waals surface area contributed by atoms with Gasteiger partial charge in [-0.3, -0.25) is 0 Å². The van der Waals surface area contributed by atoms with Crippen LogP contribution in [0.15, 0.2) is 0 Å². The molecule has 5 heteroatoms. The molecule has 0 unspecified atom stereocenters. The van der Waals surface area contributed by atoms with E-state index in [2.05, 4.69) is 5.32 Å². The van der Waals surface area contributed by atoms with Crippen LogP contribution in [0.1, 0.15) is 0 Å². The molecule has 0 spiro atoms. The van der Waals surface area contributed by atoms with Crippen LogP contribution in [0.4, 0.5) is 0 Å². The molecule has 0 rings (SSSR count). The van der Waals surface area contributed by atoms with Gasteiger partial charge in [0.15, 0.2) is 0 Å². The summed E-state index contributed by atoms with van der Waals surface area (Å²) >= 11 is -0.472. The van der Waals surface area contributed by atoms with E-state index in [4.69, 9.17) is 24.6 Å². The summed E-state index contributed by atoms with van der Waals surface area (Å²) in [6.45, 7) is 0. The summed E-state index contributed by atoms with van der Waals surface area (Å²) in [5, 5.41) is 3.50. The molecule has 0 amide bonds. The van der Waals surface area contributed by atoms with Gasteiger partial charge in [0.1, 0.15) is 0 Å². The van der Waals surface area contributed by atoms with Crippen LogP contribution in [0.25, 0.3) is 11.1 Å². The third kappa shape index (κ3) is 195. The summed E-state index contributed by atoms with van der Waals surface area (Å²) in [6.07, 6.45) is 0. The Balaban J connectivity index is -0.0000000483. The Morgan fingerprint density at radius 2 is 1.25 bits per heavy atom. The molecule has 56 valence electrons. The van der Waals surface area contributed by atoms with E-state index in [1.165, 1.54) is 7.05 Å². The van der Waals surface area contributed by atoms with Gasteiger partial charge in [-0.1, -0.05) is 0 Å². The van der Waals surface area contributed by atoms with E-state index in [0.29, 0.717) is 0 Å². The van der Waals surface area contributed by atoms with Crippen molar-refractivity contribution in [2.75, 3.05) is 21.1 Å². The number of halogens is 2. The van der Waals surface area contributed by atoms with Crippen LogP contribution in [0.3, 0.4) is 0 Å². The molecule has 0 aromatic rings. The van der Waals surface area contributed by atoms with Crippen LogP contribution in [-0.4, -0.2) is 21.1 Å². The maximum absolute atomic E-state index is 5.75. The van der Waals surface area contributed by atoms with Gasteiger partial charge in [-0.15, -0.1) is 0 Å². The predicted molar refractivity (Wildman–Crippen MR) is 37.2 cm³/mol. The molecule has 0 aromatic carbocycles. The predicted octanol–water partition coefficient (Wildman–Crippen LogP) is 2.66. The monoisotopic (exact) mass is 339 g/mol. The number of rotatable bonds is 0. The molecule has 0 aliphatic carbocycles. The van der Waals surface area contributed by atoms with Crippen molar-refractivity contribution in [3.63, 3.8) is 0 Å². The Hall–Kier alpha value is 1.19. The topological polar surface area (TPSA) is 37.9 Å². The second kappa shape index (κ2) is 41.6. The van der Waals surface area contributed by atoms with Gasteiger partial charge < -0.3 is 11.1 Å². The quantitative estimate of drug-likeness (QED) is 0.650. The van der Waals surface area contributed by atoms with Crippen LogP contribution >= 0.6 is 18.8 Å². The first-order chi connectivity index (χ1) is 3.83. The van der Waals surface area contributed by atoms with Crippen molar-refractivity contribution in [3.05, 3.63) is 11.1 Å². The van der Waals surface area contributed by atoms with Gasteiger partial charge in [0.2, 0.25) is 0 Å². The van der Waals surface area contributed by atoms with E-state index in [9.17, 15) is 0 Å². The summed E-state index contributed by atoms with van der Waals surface area (Å²) in [7, 11) is 14.5. The maximum atomic E-state index is 5.75. The Bertz CT molecular complexity index is 17.2. The summed E-state index contributed by atoms with van der Waals surface area (Å²) in [6, 6.07) is 0. The molecule has 0 saturated heterocycles. The summed E-state index contributed by atoms with van der Waals surface area (Å²) < 4.78 is 0. The Morgan fingerprint density at radius 1 is 1.25 bits per heavy atom.